The van der Waals surface area contributed by atoms with Gasteiger partial charge in [-0.25, -0.2) is 23.7 Å². The lowest BCUT2D eigenvalue weighted by Gasteiger charge is -2.06. The Hall–Kier alpha value is -3.89. The summed E-state index contributed by atoms with van der Waals surface area (Å²) in [6, 6.07) is 5.36. The molecule has 0 atom stereocenters. The maximum absolute atomic E-state index is 12.9. The quantitative estimate of drug-likeness (QED) is 0.406. The predicted octanol–water partition coefficient (Wildman–Crippen LogP) is 3.04. The molecule has 0 saturated heterocycles. The molecule has 4 rings (SSSR count). The highest BCUT2D eigenvalue weighted by atomic mass is 19.3. The van der Waals surface area contributed by atoms with Crippen molar-refractivity contribution in [1.82, 2.24) is 29.7 Å². The molecule has 0 aromatic carbocycles. The number of hydrogen-bond donors (Lipinski definition) is 3. The van der Waals surface area contributed by atoms with Crippen LogP contribution in [-0.2, 0) is 11.3 Å². The van der Waals surface area contributed by atoms with Gasteiger partial charge in [0.2, 0.25) is 5.95 Å². The monoisotopic (exact) mass is 413 g/mol. The van der Waals surface area contributed by atoms with Crippen LogP contribution in [0.15, 0.2) is 43.0 Å². The van der Waals surface area contributed by atoms with Crippen molar-refractivity contribution in [2.75, 3.05) is 11.9 Å². The Morgan fingerprint density at radius 2 is 2.17 bits per heavy atom. The van der Waals surface area contributed by atoms with Crippen LogP contribution in [0.1, 0.15) is 6.42 Å². The van der Waals surface area contributed by atoms with Crippen molar-refractivity contribution in [1.29, 1.82) is 0 Å². The number of aromatic nitrogens is 6. The number of fused-ring (bicyclic) bond motifs is 1. The Balaban J connectivity index is 1.73. The van der Waals surface area contributed by atoms with Gasteiger partial charge in [-0.1, -0.05) is 0 Å². The molecule has 0 unspecified atom stereocenters. The molecule has 30 heavy (non-hydrogen) atoms. The number of nitrogens with zero attached hydrogens (tertiary/aromatic N) is 5. The van der Waals surface area contributed by atoms with Crippen LogP contribution in [0.25, 0.3) is 33.5 Å². The normalized spacial score (nSPS) is 11.3. The molecule has 4 aromatic rings. The van der Waals surface area contributed by atoms with Gasteiger partial charge in [0, 0.05) is 47.8 Å². The van der Waals surface area contributed by atoms with Gasteiger partial charge in [-0.2, -0.15) is 5.10 Å². The second-order valence-corrected chi connectivity index (χ2v) is 6.48. The van der Waals surface area contributed by atoms with Crippen molar-refractivity contribution in [3.8, 4) is 22.5 Å². The summed E-state index contributed by atoms with van der Waals surface area (Å²) in [4.78, 5) is 26.5. The third-order valence-electron chi connectivity index (χ3n) is 4.31. The molecule has 0 bridgehead atoms. The van der Waals surface area contributed by atoms with E-state index in [-0.39, 0.29) is 18.9 Å². The van der Waals surface area contributed by atoms with Crippen molar-refractivity contribution < 1.29 is 18.7 Å². The van der Waals surface area contributed by atoms with Crippen LogP contribution in [0.2, 0.25) is 0 Å². The largest absolute Gasteiger partial charge is 0.481 e. The van der Waals surface area contributed by atoms with Gasteiger partial charge >= 0.3 is 5.97 Å². The molecule has 0 aliphatic rings. The van der Waals surface area contributed by atoms with Gasteiger partial charge in [-0.15, -0.1) is 0 Å². The first-order valence-corrected chi connectivity index (χ1v) is 9.08. The average molecular weight is 413 g/mol. The highest BCUT2D eigenvalue weighted by molar-refractivity contribution is 5.85. The zero-order chi connectivity index (χ0) is 21.1. The molecule has 0 aliphatic heterocycles. The van der Waals surface area contributed by atoms with Gasteiger partial charge in [0.1, 0.15) is 17.9 Å². The highest BCUT2D eigenvalue weighted by Gasteiger charge is 2.18. The number of carbonyl (C=O) groups is 1. The summed E-state index contributed by atoms with van der Waals surface area (Å²) in [5.41, 5.74) is 2.83. The number of rotatable bonds is 8. The average Bonchev–Trinajstić information content (AvgIpc) is 3.33. The molecule has 9 nitrogen and oxygen atoms in total. The van der Waals surface area contributed by atoms with E-state index in [0.29, 0.717) is 28.2 Å². The summed E-state index contributed by atoms with van der Waals surface area (Å²) in [5, 5.41) is 16.8. The van der Waals surface area contributed by atoms with Crippen molar-refractivity contribution in [3.05, 3.63) is 43.0 Å². The molecule has 0 radical (unpaired) electrons. The Labute approximate surface area is 168 Å². The Morgan fingerprint density at radius 3 is 2.97 bits per heavy atom. The van der Waals surface area contributed by atoms with Gasteiger partial charge in [0.25, 0.3) is 6.43 Å². The molecule has 0 fully saturated rings. The summed E-state index contributed by atoms with van der Waals surface area (Å²) < 4.78 is 27.1. The fourth-order valence-corrected chi connectivity index (χ4v) is 3.00. The lowest BCUT2D eigenvalue weighted by Crippen LogP contribution is -2.09. The number of carboxylic acid groups (broad SMARTS) is 1. The number of hydrogen-bond acceptors (Lipinski definition) is 6. The van der Waals surface area contributed by atoms with Gasteiger partial charge in [0.15, 0.2) is 0 Å². The number of alkyl halides is 2. The van der Waals surface area contributed by atoms with Crippen LogP contribution < -0.4 is 5.32 Å². The fourth-order valence-electron chi connectivity index (χ4n) is 3.00. The van der Waals surface area contributed by atoms with E-state index in [9.17, 15) is 13.6 Å². The minimum absolute atomic E-state index is 0.0898. The van der Waals surface area contributed by atoms with Crippen LogP contribution in [0, 0.1) is 0 Å². The van der Waals surface area contributed by atoms with Gasteiger partial charge < -0.3 is 15.4 Å². The maximum Gasteiger partial charge on any atom is 0.305 e. The minimum atomic E-state index is -2.56. The number of aromatic amines is 1. The fraction of sp³-hybridized carbons (Fsp3) is 0.211. The third-order valence-corrected chi connectivity index (χ3v) is 4.31. The summed E-state index contributed by atoms with van der Waals surface area (Å²) in [6.07, 6.45) is 3.74. The molecule has 4 aromatic heterocycles. The van der Waals surface area contributed by atoms with E-state index < -0.39 is 18.9 Å². The predicted molar refractivity (Wildman–Crippen MR) is 105 cm³/mol. The van der Waals surface area contributed by atoms with Crippen LogP contribution in [-0.4, -0.2) is 53.8 Å². The van der Waals surface area contributed by atoms with Crippen LogP contribution in [0.3, 0.4) is 0 Å². The number of halogens is 2. The Kier molecular flexibility index (Phi) is 5.33. The molecular formula is C19H17F2N7O2. The number of aliphatic carboxylic acids is 1. The molecule has 0 spiro atoms. The molecule has 0 amide bonds. The van der Waals surface area contributed by atoms with E-state index in [0.717, 1.165) is 5.39 Å². The van der Waals surface area contributed by atoms with E-state index in [4.69, 9.17) is 5.11 Å². The molecule has 0 saturated carbocycles. The van der Waals surface area contributed by atoms with E-state index >= 15 is 0 Å². The van der Waals surface area contributed by atoms with E-state index in [1.807, 2.05) is 12.1 Å². The number of anilines is 1. The van der Waals surface area contributed by atoms with Crippen LogP contribution in [0.5, 0.6) is 0 Å². The smallest absolute Gasteiger partial charge is 0.305 e. The zero-order valence-corrected chi connectivity index (χ0v) is 15.6. The van der Waals surface area contributed by atoms with Crippen LogP contribution >= 0.6 is 0 Å². The van der Waals surface area contributed by atoms with Crippen molar-refractivity contribution >= 4 is 23.0 Å². The lowest BCUT2D eigenvalue weighted by atomic mass is 10.1. The van der Waals surface area contributed by atoms with Crippen molar-refractivity contribution in [2.45, 2.75) is 19.4 Å². The number of H-pyrrole nitrogens is 1. The van der Waals surface area contributed by atoms with E-state index in [1.165, 1.54) is 17.1 Å². The van der Waals surface area contributed by atoms with Crippen molar-refractivity contribution in [3.63, 3.8) is 0 Å². The number of nitrogens with one attached hydrogen (secondary N) is 2. The van der Waals surface area contributed by atoms with Crippen LogP contribution in [0.4, 0.5) is 14.7 Å². The Bertz CT molecular complexity index is 1190. The molecule has 154 valence electrons. The lowest BCUT2D eigenvalue weighted by molar-refractivity contribution is -0.136. The van der Waals surface area contributed by atoms with Gasteiger partial charge in [-0.3, -0.25) is 9.48 Å². The van der Waals surface area contributed by atoms with Crippen molar-refractivity contribution in [2.24, 2.45) is 0 Å². The minimum Gasteiger partial charge on any atom is -0.481 e. The number of pyridine rings is 1. The molecule has 3 N–H and O–H groups in total. The summed E-state index contributed by atoms with van der Waals surface area (Å²) in [7, 11) is 0. The van der Waals surface area contributed by atoms with Gasteiger partial charge in [-0.05, 0) is 18.2 Å². The van der Waals surface area contributed by atoms with E-state index in [2.05, 4.69) is 30.4 Å². The highest BCUT2D eigenvalue weighted by Crippen LogP contribution is 2.31. The summed E-state index contributed by atoms with van der Waals surface area (Å²) >= 11 is 0. The molecular weight excluding hydrogens is 396 g/mol. The second kappa shape index (κ2) is 8.23. The zero-order valence-electron chi connectivity index (χ0n) is 15.6. The second-order valence-electron chi connectivity index (χ2n) is 6.48. The topological polar surface area (TPSA) is 122 Å². The first kappa shape index (κ1) is 19.4. The Morgan fingerprint density at radius 1 is 1.30 bits per heavy atom. The molecule has 0 aliphatic carbocycles. The first-order chi connectivity index (χ1) is 14.5. The first-order valence-electron chi connectivity index (χ1n) is 9.08. The standard InChI is InChI=1S/C19H17F2N7O2/c20-15(21)10-28-9-13(14-2-5-23-19(26-14)24-6-3-16(29)30)17(27-28)12-7-11-1-4-22-18(11)25-8-12/h1-2,4-5,7-9,15H,3,6,10H2,(H,22,25)(H,29,30)(H,23,24,26). The van der Waals surface area contributed by atoms with E-state index in [1.54, 1.807) is 18.5 Å². The summed E-state index contributed by atoms with van der Waals surface area (Å²) in [5.74, 6) is -0.706. The molecule has 11 heteroatoms. The molecule has 4 heterocycles. The van der Waals surface area contributed by atoms with Gasteiger partial charge in [0.05, 0.1) is 12.1 Å². The number of carboxylic acids is 1. The SMILES string of the molecule is O=C(O)CCNc1nccc(-c2cn(CC(F)F)nc2-c2cnc3[nH]ccc3c2)n1. The third kappa shape index (κ3) is 4.24. The maximum atomic E-state index is 12.9. The summed E-state index contributed by atoms with van der Waals surface area (Å²) in [6.45, 7) is -0.397.